The largest absolute Gasteiger partial charge is 0.417 e. The first-order chi connectivity index (χ1) is 15.6. The normalized spacial score (nSPS) is 16.3. The van der Waals surface area contributed by atoms with Crippen LogP contribution in [-0.2, 0) is 22.2 Å². The Morgan fingerprint density at radius 1 is 1.12 bits per heavy atom. The molecule has 6 nitrogen and oxygen atoms in total. The lowest BCUT2D eigenvalue weighted by Crippen LogP contribution is -2.60. The predicted octanol–water partition coefficient (Wildman–Crippen LogP) is 3.32. The predicted molar refractivity (Wildman–Crippen MR) is 117 cm³/mol. The van der Waals surface area contributed by atoms with Crippen molar-refractivity contribution < 1.29 is 22.8 Å². The Labute approximate surface area is 190 Å². The number of aryl methyl sites for hydroxylation is 1. The fraction of sp³-hybridized carbons (Fsp3) is 0.375. The van der Waals surface area contributed by atoms with Crippen molar-refractivity contribution in [3.63, 3.8) is 0 Å². The summed E-state index contributed by atoms with van der Waals surface area (Å²) < 4.78 is 40.2. The smallest absolute Gasteiger partial charge is 0.367 e. The second-order valence-electron chi connectivity index (χ2n) is 8.11. The molecule has 0 spiro atoms. The highest BCUT2D eigenvalue weighted by Gasteiger charge is 2.38. The highest BCUT2D eigenvalue weighted by molar-refractivity contribution is 5.88. The number of hydrogen-bond acceptors (Lipinski definition) is 4. The molecular weight excluding hydrogens is 433 g/mol. The maximum atomic E-state index is 13.4. The molecule has 2 amide bonds. The molecular formula is C24H25F3N4O2. The minimum atomic E-state index is -4.67. The summed E-state index contributed by atoms with van der Waals surface area (Å²) in [7, 11) is 3.16. The first-order valence-corrected chi connectivity index (χ1v) is 10.5. The average molecular weight is 458 g/mol. The maximum absolute atomic E-state index is 13.4. The molecule has 174 valence electrons. The van der Waals surface area contributed by atoms with Crippen LogP contribution in [-0.4, -0.2) is 61.4 Å². The van der Waals surface area contributed by atoms with Gasteiger partial charge in [-0.25, -0.2) is 0 Å². The van der Waals surface area contributed by atoms with Crippen LogP contribution in [0.3, 0.4) is 0 Å². The number of amides is 2. The summed E-state index contributed by atoms with van der Waals surface area (Å²) in [6, 6.07) is 13.8. The molecule has 0 saturated carbocycles. The summed E-state index contributed by atoms with van der Waals surface area (Å²) in [6.45, 7) is 0.550. The number of benzene rings is 2. The van der Waals surface area contributed by atoms with Gasteiger partial charge in [-0.3, -0.25) is 9.59 Å². The second-order valence-corrected chi connectivity index (χ2v) is 8.11. The third kappa shape index (κ3) is 5.64. The van der Waals surface area contributed by atoms with Crippen LogP contribution in [0.5, 0.6) is 0 Å². The molecule has 2 aromatic rings. The van der Waals surface area contributed by atoms with Gasteiger partial charge < -0.3 is 14.7 Å². The molecule has 0 N–H and O–H groups in total. The van der Waals surface area contributed by atoms with Gasteiger partial charge in [0.25, 0.3) is 0 Å². The Bertz CT molecular complexity index is 1050. The molecule has 3 rings (SSSR count). The monoisotopic (exact) mass is 458 g/mol. The number of likely N-dealkylation sites (N-methyl/N-ethyl adjacent to an activating group) is 1. The lowest BCUT2D eigenvalue weighted by atomic mass is 10.0. The SMILES string of the molecule is CN(C)C(=O)C1CN(c2ccc(C#N)c(C(F)(F)F)c2)CCN1C(=O)CCc1ccccc1. The minimum Gasteiger partial charge on any atom is -0.367 e. The first kappa shape index (κ1) is 24.1. The minimum absolute atomic E-state index is 0.0668. The topological polar surface area (TPSA) is 67.7 Å². The van der Waals surface area contributed by atoms with Crippen molar-refractivity contribution in [3.05, 3.63) is 65.2 Å². The molecule has 1 atom stereocenters. The lowest BCUT2D eigenvalue weighted by molar-refractivity contribution is -0.144. The van der Waals surface area contributed by atoms with E-state index in [1.807, 2.05) is 30.3 Å². The number of carbonyl (C=O) groups is 2. The van der Waals surface area contributed by atoms with E-state index in [-0.39, 0.29) is 43.6 Å². The van der Waals surface area contributed by atoms with Gasteiger partial charge in [0.1, 0.15) is 6.04 Å². The van der Waals surface area contributed by atoms with Gasteiger partial charge in [0.05, 0.1) is 17.2 Å². The first-order valence-electron chi connectivity index (χ1n) is 10.5. The van der Waals surface area contributed by atoms with Gasteiger partial charge in [-0.15, -0.1) is 0 Å². The number of piperazine rings is 1. The molecule has 0 bridgehead atoms. The molecule has 1 heterocycles. The van der Waals surface area contributed by atoms with Crippen LogP contribution in [0.1, 0.15) is 23.1 Å². The summed E-state index contributed by atoms with van der Waals surface area (Å²) in [4.78, 5) is 30.4. The number of nitriles is 1. The Kier molecular flexibility index (Phi) is 7.26. The zero-order valence-corrected chi connectivity index (χ0v) is 18.5. The van der Waals surface area contributed by atoms with E-state index in [0.717, 1.165) is 17.7 Å². The molecule has 33 heavy (non-hydrogen) atoms. The lowest BCUT2D eigenvalue weighted by Gasteiger charge is -2.42. The number of carbonyl (C=O) groups excluding carboxylic acids is 2. The Morgan fingerprint density at radius 3 is 2.42 bits per heavy atom. The van der Waals surface area contributed by atoms with Crippen molar-refractivity contribution in [2.75, 3.05) is 38.6 Å². The summed E-state index contributed by atoms with van der Waals surface area (Å²) in [6.07, 6.45) is -3.90. The third-order valence-electron chi connectivity index (χ3n) is 5.69. The van der Waals surface area contributed by atoms with Gasteiger partial charge in [0.2, 0.25) is 11.8 Å². The third-order valence-corrected chi connectivity index (χ3v) is 5.69. The van der Waals surface area contributed by atoms with Crippen molar-refractivity contribution >= 4 is 17.5 Å². The van der Waals surface area contributed by atoms with E-state index in [2.05, 4.69) is 0 Å². The van der Waals surface area contributed by atoms with E-state index in [4.69, 9.17) is 5.26 Å². The zero-order valence-electron chi connectivity index (χ0n) is 18.5. The molecule has 0 aromatic heterocycles. The van der Waals surface area contributed by atoms with E-state index in [1.165, 1.54) is 15.9 Å². The van der Waals surface area contributed by atoms with E-state index < -0.39 is 23.3 Å². The van der Waals surface area contributed by atoms with Crippen molar-refractivity contribution in [2.45, 2.75) is 25.1 Å². The molecule has 1 fully saturated rings. The molecule has 1 aliphatic heterocycles. The molecule has 9 heteroatoms. The van der Waals surface area contributed by atoms with Crippen molar-refractivity contribution in [2.24, 2.45) is 0 Å². The van der Waals surface area contributed by atoms with Gasteiger partial charge in [0.15, 0.2) is 0 Å². The van der Waals surface area contributed by atoms with E-state index >= 15 is 0 Å². The summed E-state index contributed by atoms with van der Waals surface area (Å²) in [5, 5.41) is 9.03. The Balaban J connectivity index is 1.81. The van der Waals surface area contributed by atoms with Gasteiger partial charge in [0, 0.05) is 45.8 Å². The Morgan fingerprint density at radius 2 is 1.82 bits per heavy atom. The standard InChI is InChI=1S/C24H25F3N4O2/c1-29(2)23(33)21-16-30(19-10-9-18(15-28)20(14-19)24(25,26)27)12-13-31(21)22(32)11-8-17-6-4-3-5-7-17/h3-7,9-10,14,21H,8,11-13,16H2,1-2H3. The number of halogens is 3. The number of nitrogens with zero attached hydrogens (tertiary/aromatic N) is 4. The van der Waals surface area contributed by atoms with Crippen LogP contribution in [0, 0.1) is 11.3 Å². The van der Waals surface area contributed by atoms with Crippen LogP contribution < -0.4 is 4.90 Å². The van der Waals surface area contributed by atoms with Gasteiger partial charge >= 0.3 is 6.18 Å². The fourth-order valence-electron chi connectivity index (χ4n) is 3.93. The van der Waals surface area contributed by atoms with Crippen LogP contribution in [0.2, 0.25) is 0 Å². The van der Waals surface area contributed by atoms with Gasteiger partial charge in [-0.2, -0.15) is 18.4 Å². The average Bonchev–Trinajstić information content (AvgIpc) is 2.81. The summed E-state index contributed by atoms with van der Waals surface area (Å²) in [5.41, 5.74) is -0.201. The molecule has 0 aliphatic carbocycles. The van der Waals surface area contributed by atoms with Crippen LogP contribution in [0.25, 0.3) is 0 Å². The highest BCUT2D eigenvalue weighted by Crippen LogP contribution is 2.35. The second kappa shape index (κ2) is 9.94. The van der Waals surface area contributed by atoms with Crippen LogP contribution >= 0.6 is 0 Å². The molecule has 1 saturated heterocycles. The highest BCUT2D eigenvalue weighted by atomic mass is 19.4. The zero-order chi connectivity index (χ0) is 24.2. The van der Waals surface area contributed by atoms with Crippen molar-refractivity contribution in [1.29, 1.82) is 5.26 Å². The molecule has 1 unspecified atom stereocenters. The van der Waals surface area contributed by atoms with Crippen LogP contribution in [0.4, 0.5) is 18.9 Å². The van der Waals surface area contributed by atoms with Gasteiger partial charge in [-0.1, -0.05) is 30.3 Å². The van der Waals surface area contributed by atoms with E-state index in [1.54, 1.807) is 25.1 Å². The number of hydrogen-bond donors (Lipinski definition) is 0. The molecule has 1 aliphatic rings. The Hall–Kier alpha value is -3.54. The summed E-state index contributed by atoms with van der Waals surface area (Å²) in [5.74, 6) is -0.466. The van der Waals surface area contributed by atoms with E-state index in [0.29, 0.717) is 6.42 Å². The number of alkyl halides is 3. The van der Waals surface area contributed by atoms with Gasteiger partial charge in [-0.05, 0) is 30.2 Å². The van der Waals surface area contributed by atoms with Crippen LogP contribution in [0.15, 0.2) is 48.5 Å². The van der Waals surface area contributed by atoms with Crippen molar-refractivity contribution in [1.82, 2.24) is 9.80 Å². The summed E-state index contributed by atoms with van der Waals surface area (Å²) >= 11 is 0. The quantitative estimate of drug-likeness (QED) is 0.690. The van der Waals surface area contributed by atoms with Crippen molar-refractivity contribution in [3.8, 4) is 6.07 Å². The number of rotatable bonds is 5. The fourth-order valence-corrected chi connectivity index (χ4v) is 3.93. The molecule has 0 radical (unpaired) electrons. The maximum Gasteiger partial charge on any atom is 0.417 e. The van der Waals surface area contributed by atoms with E-state index in [9.17, 15) is 22.8 Å². The number of anilines is 1. The molecule has 2 aromatic carbocycles.